The molecular weight excluding hydrogens is 287 g/mol. The summed E-state index contributed by atoms with van der Waals surface area (Å²) >= 11 is -1.39. The van der Waals surface area contributed by atoms with Crippen LogP contribution in [0.3, 0.4) is 0 Å². The molecule has 0 N–H and O–H groups in total. The van der Waals surface area contributed by atoms with Crippen molar-refractivity contribution in [1.82, 2.24) is 0 Å². The van der Waals surface area contributed by atoms with E-state index in [1.807, 2.05) is 6.56 Å². The fraction of sp³-hybridized carbons (Fsp3) is 0.429. The van der Waals surface area contributed by atoms with E-state index in [1.54, 1.807) is 5.57 Å². The van der Waals surface area contributed by atoms with Crippen LogP contribution in [0.4, 0.5) is 0 Å². The fourth-order valence-corrected chi connectivity index (χ4v) is 19.4. The van der Waals surface area contributed by atoms with Crippen LogP contribution in [0.25, 0.3) is 0 Å². The molecule has 0 nitrogen and oxygen atoms in total. The van der Waals surface area contributed by atoms with Crippen molar-refractivity contribution in [2.45, 2.75) is 39.3 Å². The summed E-state index contributed by atoms with van der Waals surface area (Å²) in [4.78, 5) is 0. The molecule has 0 atom stereocenters. The van der Waals surface area contributed by atoms with Crippen molar-refractivity contribution in [2.75, 3.05) is 0 Å². The predicted octanol–water partition coefficient (Wildman–Crippen LogP) is 4.32. The average molecular weight is 308 g/mol. The van der Waals surface area contributed by atoms with Gasteiger partial charge in [0, 0.05) is 0 Å². The van der Waals surface area contributed by atoms with Crippen LogP contribution < -0.4 is 0 Å². The van der Waals surface area contributed by atoms with Gasteiger partial charge in [0.1, 0.15) is 0 Å². The summed E-state index contributed by atoms with van der Waals surface area (Å²) < 4.78 is 3.71. The van der Waals surface area contributed by atoms with Gasteiger partial charge < -0.3 is 0 Å². The average Bonchev–Trinajstić information content (AvgIpc) is 2.88. The van der Waals surface area contributed by atoms with Gasteiger partial charge in [-0.05, 0) is 0 Å². The van der Waals surface area contributed by atoms with E-state index in [0.717, 1.165) is 0 Å². The SMILES string of the molecule is CCC1=CC[C]([Zr]([C]2=CC=CC2)=[Si](C)C)=C1. The minimum absolute atomic E-state index is 0.0833. The molecule has 0 heterocycles. The van der Waals surface area contributed by atoms with Gasteiger partial charge in [-0.25, -0.2) is 0 Å². The quantitative estimate of drug-likeness (QED) is 0.681. The Balaban J connectivity index is 2.28. The van der Waals surface area contributed by atoms with Gasteiger partial charge in [0.15, 0.2) is 0 Å². The molecule has 84 valence electrons. The van der Waals surface area contributed by atoms with Crippen LogP contribution in [0.5, 0.6) is 0 Å². The number of rotatable bonds is 3. The zero-order valence-corrected chi connectivity index (χ0v) is 14.0. The number of allylic oxidation sites excluding steroid dienone is 8. The van der Waals surface area contributed by atoms with Crippen LogP contribution in [0.15, 0.2) is 42.5 Å². The first-order valence-corrected chi connectivity index (χ1v) is 14.8. The van der Waals surface area contributed by atoms with Gasteiger partial charge in [0.05, 0.1) is 0 Å². The molecule has 0 aromatic heterocycles. The molecule has 2 aliphatic carbocycles. The topological polar surface area (TPSA) is 0 Å². The summed E-state index contributed by atoms with van der Waals surface area (Å²) in [7, 11) is 0. The van der Waals surface area contributed by atoms with Gasteiger partial charge in [0.25, 0.3) is 0 Å². The van der Waals surface area contributed by atoms with Crippen molar-refractivity contribution in [3.05, 3.63) is 42.5 Å². The van der Waals surface area contributed by atoms with E-state index in [0.29, 0.717) is 0 Å². The van der Waals surface area contributed by atoms with Crippen molar-refractivity contribution < 1.29 is 20.4 Å². The Labute approximate surface area is 107 Å². The summed E-state index contributed by atoms with van der Waals surface area (Å²) in [5, 5.41) is 0. The van der Waals surface area contributed by atoms with Gasteiger partial charge in [-0.3, -0.25) is 0 Å². The molecule has 2 heteroatoms. The fourth-order valence-electron chi connectivity index (χ4n) is 2.48. The normalized spacial score (nSPS) is 18.3. The molecule has 0 radical (unpaired) electrons. The van der Waals surface area contributed by atoms with Crippen molar-refractivity contribution in [3.8, 4) is 0 Å². The molecule has 0 aromatic rings. The van der Waals surface area contributed by atoms with Gasteiger partial charge in [-0.1, -0.05) is 0 Å². The number of hydrogen-bond acceptors (Lipinski definition) is 0. The molecule has 0 unspecified atom stereocenters. The summed E-state index contributed by atoms with van der Waals surface area (Å²) in [6, 6.07) is 0. The predicted molar refractivity (Wildman–Crippen MR) is 70.4 cm³/mol. The van der Waals surface area contributed by atoms with E-state index in [4.69, 9.17) is 0 Å². The molecule has 2 rings (SSSR count). The third-order valence-corrected chi connectivity index (χ3v) is 20.4. The van der Waals surface area contributed by atoms with Gasteiger partial charge in [0.2, 0.25) is 0 Å². The second-order valence-electron chi connectivity index (χ2n) is 4.71. The Bertz CT molecular complexity index is 443. The molecule has 0 fully saturated rings. The first-order chi connectivity index (χ1) is 7.72. The van der Waals surface area contributed by atoms with E-state index in [9.17, 15) is 0 Å². The Morgan fingerprint density at radius 3 is 2.56 bits per heavy atom. The summed E-state index contributed by atoms with van der Waals surface area (Å²) in [6.45, 7) is 7.33. The molecule has 0 saturated heterocycles. The van der Waals surface area contributed by atoms with Crippen LogP contribution in [-0.2, 0) is 20.4 Å². The molecule has 2 aliphatic rings. The van der Waals surface area contributed by atoms with Crippen LogP contribution in [0.1, 0.15) is 26.2 Å². The second-order valence-corrected chi connectivity index (χ2v) is 22.0. The summed E-state index contributed by atoms with van der Waals surface area (Å²) in [5.74, 6) is 0. The van der Waals surface area contributed by atoms with Crippen molar-refractivity contribution in [3.63, 3.8) is 0 Å². The van der Waals surface area contributed by atoms with Crippen molar-refractivity contribution >= 4 is 5.43 Å². The zero-order valence-electron chi connectivity index (χ0n) is 10.5. The van der Waals surface area contributed by atoms with Gasteiger partial charge in [-0.15, -0.1) is 0 Å². The number of hydrogen-bond donors (Lipinski definition) is 0. The van der Waals surface area contributed by atoms with E-state index >= 15 is 0 Å². The van der Waals surface area contributed by atoms with E-state index in [-0.39, 0.29) is 5.43 Å². The third-order valence-electron chi connectivity index (χ3n) is 3.27. The van der Waals surface area contributed by atoms with Crippen LogP contribution in [0.2, 0.25) is 13.1 Å². The Kier molecular flexibility index (Phi) is 4.38. The van der Waals surface area contributed by atoms with E-state index in [1.165, 1.54) is 19.3 Å². The van der Waals surface area contributed by atoms with Gasteiger partial charge >= 0.3 is 108 Å². The molecule has 0 aliphatic heterocycles. The first kappa shape index (κ1) is 12.5. The maximum absolute atomic E-state index is 2.55. The van der Waals surface area contributed by atoms with Crippen LogP contribution in [0, 0.1) is 0 Å². The monoisotopic (exact) mass is 306 g/mol. The molecule has 0 amide bonds. The molecule has 0 aromatic carbocycles. The van der Waals surface area contributed by atoms with Gasteiger partial charge in [-0.2, -0.15) is 0 Å². The first-order valence-electron chi connectivity index (χ1n) is 6.16. The maximum atomic E-state index is 2.55. The minimum atomic E-state index is -1.39. The van der Waals surface area contributed by atoms with Crippen LogP contribution >= 0.6 is 0 Å². The third kappa shape index (κ3) is 2.65. The summed E-state index contributed by atoms with van der Waals surface area (Å²) in [6.07, 6.45) is 15.8. The second kappa shape index (κ2) is 5.60. The van der Waals surface area contributed by atoms with Crippen molar-refractivity contribution in [1.29, 1.82) is 0 Å². The summed E-state index contributed by atoms with van der Waals surface area (Å²) in [5.41, 5.74) is 1.50. The molecule has 0 spiro atoms. The van der Waals surface area contributed by atoms with Crippen molar-refractivity contribution in [2.24, 2.45) is 0 Å². The Morgan fingerprint density at radius 2 is 2.06 bits per heavy atom. The van der Waals surface area contributed by atoms with Crippen LogP contribution in [-0.4, -0.2) is 5.43 Å². The molecule has 0 bridgehead atoms. The Morgan fingerprint density at radius 1 is 1.25 bits per heavy atom. The molecule has 0 saturated carbocycles. The van der Waals surface area contributed by atoms with E-state index in [2.05, 4.69) is 50.4 Å². The zero-order chi connectivity index (χ0) is 11.5. The standard InChI is InChI=1S/C7H9.C5H5.C2H6Si.Zr/c1-2-7-5-3-4-6-7;1-2-4-5-3-1;1-3-2;/h5-6H,2-3H2,1H3;1-3H,4H2;1-2H3;. The van der Waals surface area contributed by atoms with E-state index < -0.39 is 20.4 Å². The molecular formula is C14H20SiZr. The Hall–Kier alpha value is 0.0600. The molecule has 16 heavy (non-hydrogen) atoms.